The molecule has 0 saturated carbocycles. The van der Waals surface area contributed by atoms with E-state index >= 15 is 0 Å². The summed E-state index contributed by atoms with van der Waals surface area (Å²) in [6.45, 7) is 0. The zero-order valence-corrected chi connectivity index (χ0v) is 37.9. The zero-order valence-electron chi connectivity index (χ0n) is 37.1. The molecule has 0 spiro atoms. The Labute approximate surface area is 400 Å². The lowest BCUT2D eigenvalue weighted by molar-refractivity contribution is 0.768. The zero-order chi connectivity index (χ0) is 45.0. The lowest BCUT2D eigenvalue weighted by atomic mass is 9.67. The quantitative estimate of drug-likeness (QED) is 0.152. The van der Waals surface area contributed by atoms with E-state index in [2.05, 4.69) is 255 Å². The molecule has 0 amide bonds. The lowest BCUT2D eigenvalue weighted by Crippen LogP contribution is -2.28. The van der Waals surface area contributed by atoms with Gasteiger partial charge in [-0.1, -0.05) is 224 Å². The largest absolute Gasteiger partial charge is 0.226 e. The van der Waals surface area contributed by atoms with Crippen LogP contribution in [0.25, 0.3) is 98.6 Å². The molecule has 0 atom stereocenters. The second kappa shape index (κ2) is 16.4. The van der Waals surface area contributed by atoms with Crippen LogP contribution in [0.15, 0.2) is 255 Å². The number of nitrogens with zero attached hydrogens (tertiary/aromatic N) is 2. The molecule has 0 N–H and O–H groups in total. The highest BCUT2D eigenvalue weighted by molar-refractivity contribution is 7.26. The predicted molar refractivity (Wildman–Crippen MR) is 285 cm³/mol. The summed E-state index contributed by atoms with van der Waals surface area (Å²) in [4.78, 5) is 10.8. The number of rotatable bonds is 8. The number of hydrogen-bond acceptors (Lipinski definition) is 3. The first-order valence-corrected chi connectivity index (χ1v) is 24.0. The van der Waals surface area contributed by atoms with E-state index in [4.69, 9.17) is 9.97 Å². The number of aromatic nitrogens is 2. The topological polar surface area (TPSA) is 25.8 Å². The van der Waals surface area contributed by atoms with Crippen molar-refractivity contribution in [2.45, 2.75) is 5.41 Å². The van der Waals surface area contributed by atoms with Crippen molar-refractivity contribution in [3.05, 3.63) is 277 Å². The number of benzene rings is 10. The molecule has 1 aliphatic carbocycles. The second-order valence-electron chi connectivity index (χ2n) is 17.6. The first kappa shape index (κ1) is 39.8. The van der Waals surface area contributed by atoms with Gasteiger partial charge in [0.05, 0.1) is 21.3 Å². The van der Waals surface area contributed by atoms with Crippen LogP contribution in [0.2, 0.25) is 0 Å². The summed E-state index contributed by atoms with van der Waals surface area (Å²) in [6.07, 6.45) is 0. The van der Waals surface area contributed by atoms with Gasteiger partial charge >= 0.3 is 0 Å². The first-order chi connectivity index (χ1) is 33.7. The van der Waals surface area contributed by atoms with Crippen LogP contribution in [0.1, 0.15) is 22.3 Å². The molecule has 10 aromatic carbocycles. The molecule has 3 heteroatoms. The fourth-order valence-corrected chi connectivity index (χ4v) is 11.9. The Hall–Kier alpha value is -8.50. The Morgan fingerprint density at radius 1 is 0.324 bits per heavy atom. The summed E-state index contributed by atoms with van der Waals surface area (Å²) in [7, 11) is 0. The molecule has 0 aliphatic heterocycles. The molecule has 0 unspecified atom stereocenters. The molecule has 0 radical (unpaired) electrons. The Balaban J connectivity index is 1.06. The standard InChI is InChI=1S/C65H42N2S/c1-6-21-43(22-7-1)49-41-54(46-27-20-28-48(39-46)64-66-61(45-25-10-3-11-26-45)63-62(67-64)53-34-17-19-36-59(53)68-63)60(44-23-8-2-9-24-44)55(42-49)47-37-38-58-56(40-47)52-33-16-18-35-57(52)65(58,50-29-12-4-13-30-50)51-31-14-5-15-32-51/h1-42H. The molecule has 2 aromatic heterocycles. The SMILES string of the molecule is c1ccc(-c2cc(-c3cccc(-c4nc(-c5ccccc5)c5sc6ccccc6c5n4)c3)c(-c3ccccc3)c(-c3ccc4c(c3)-c3ccccc3C4(c3ccccc3)c3ccccc3)c2)cc1. The minimum Gasteiger partial charge on any atom is -0.226 e. The monoisotopic (exact) mass is 882 g/mol. The molecule has 0 saturated heterocycles. The van der Waals surface area contributed by atoms with Crippen molar-refractivity contribution in [2.24, 2.45) is 0 Å². The van der Waals surface area contributed by atoms with Gasteiger partial charge in [-0.05, 0) is 108 Å². The van der Waals surface area contributed by atoms with Gasteiger partial charge in [-0.15, -0.1) is 11.3 Å². The third kappa shape index (κ3) is 6.46. The molecule has 318 valence electrons. The number of fused-ring (bicyclic) bond motifs is 6. The average molecular weight is 883 g/mol. The average Bonchev–Trinajstić information content (AvgIpc) is 3.95. The van der Waals surface area contributed by atoms with Crippen LogP contribution in [-0.2, 0) is 5.41 Å². The van der Waals surface area contributed by atoms with Gasteiger partial charge in [-0.2, -0.15) is 0 Å². The second-order valence-corrected chi connectivity index (χ2v) is 18.6. The summed E-state index contributed by atoms with van der Waals surface area (Å²) < 4.78 is 2.31. The lowest BCUT2D eigenvalue weighted by Gasteiger charge is -2.34. The van der Waals surface area contributed by atoms with Crippen molar-refractivity contribution in [3.63, 3.8) is 0 Å². The molecule has 2 heterocycles. The molecule has 1 aliphatic rings. The maximum Gasteiger partial charge on any atom is 0.160 e. The van der Waals surface area contributed by atoms with Crippen molar-refractivity contribution in [1.29, 1.82) is 0 Å². The number of hydrogen-bond donors (Lipinski definition) is 0. The molecular formula is C65H42N2S. The van der Waals surface area contributed by atoms with Crippen LogP contribution in [0.4, 0.5) is 0 Å². The van der Waals surface area contributed by atoms with E-state index < -0.39 is 5.41 Å². The van der Waals surface area contributed by atoms with Crippen molar-refractivity contribution in [2.75, 3.05) is 0 Å². The van der Waals surface area contributed by atoms with E-state index in [9.17, 15) is 0 Å². The molecule has 68 heavy (non-hydrogen) atoms. The molecular weight excluding hydrogens is 841 g/mol. The number of thiophene rings is 1. The molecule has 13 rings (SSSR count). The summed E-state index contributed by atoms with van der Waals surface area (Å²) in [5.74, 6) is 0.708. The molecule has 0 bridgehead atoms. The van der Waals surface area contributed by atoms with Gasteiger partial charge < -0.3 is 0 Å². The van der Waals surface area contributed by atoms with Crippen LogP contribution in [-0.4, -0.2) is 9.97 Å². The first-order valence-electron chi connectivity index (χ1n) is 23.2. The van der Waals surface area contributed by atoms with E-state index in [1.165, 1.54) is 49.2 Å². The highest BCUT2D eigenvalue weighted by atomic mass is 32.1. The summed E-state index contributed by atoms with van der Waals surface area (Å²) in [5.41, 5.74) is 20.3. The van der Waals surface area contributed by atoms with Crippen molar-refractivity contribution < 1.29 is 0 Å². The van der Waals surface area contributed by atoms with E-state index in [1.54, 1.807) is 11.3 Å². The van der Waals surface area contributed by atoms with Crippen LogP contribution >= 0.6 is 11.3 Å². The van der Waals surface area contributed by atoms with Crippen LogP contribution in [0, 0.1) is 0 Å². The smallest absolute Gasteiger partial charge is 0.160 e. The van der Waals surface area contributed by atoms with E-state index in [1.807, 2.05) is 0 Å². The van der Waals surface area contributed by atoms with Crippen molar-refractivity contribution in [1.82, 2.24) is 9.97 Å². The van der Waals surface area contributed by atoms with Gasteiger partial charge in [0.1, 0.15) is 0 Å². The van der Waals surface area contributed by atoms with E-state index in [-0.39, 0.29) is 0 Å². The normalized spacial score (nSPS) is 12.5. The fourth-order valence-electron chi connectivity index (χ4n) is 10.8. The minimum atomic E-state index is -0.479. The molecule has 2 nitrogen and oxygen atoms in total. The predicted octanol–water partition coefficient (Wildman–Crippen LogP) is 17.2. The summed E-state index contributed by atoms with van der Waals surface area (Å²) in [5, 5.41) is 1.15. The van der Waals surface area contributed by atoms with Crippen LogP contribution < -0.4 is 0 Å². The van der Waals surface area contributed by atoms with Gasteiger partial charge in [0.2, 0.25) is 0 Å². The van der Waals surface area contributed by atoms with Crippen molar-refractivity contribution >= 4 is 31.6 Å². The van der Waals surface area contributed by atoms with Gasteiger partial charge in [-0.3, -0.25) is 0 Å². The van der Waals surface area contributed by atoms with Crippen molar-refractivity contribution in [3.8, 4) is 78.3 Å². The Morgan fingerprint density at radius 3 is 1.53 bits per heavy atom. The van der Waals surface area contributed by atoms with Gasteiger partial charge in [0.15, 0.2) is 5.82 Å². The fraction of sp³-hybridized carbons (Fsp3) is 0.0154. The third-order valence-corrected chi connectivity index (χ3v) is 14.9. The molecule has 0 fully saturated rings. The Kier molecular flexibility index (Phi) is 9.62. The maximum absolute atomic E-state index is 5.39. The summed E-state index contributed by atoms with van der Waals surface area (Å²) in [6, 6.07) is 92.7. The highest BCUT2D eigenvalue weighted by Gasteiger charge is 2.46. The third-order valence-electron chi connectivity index (χ3n) is 13.8. The van der Waals surface area contributed by atoms with Gasteiger partial charge in [-0.25, -0.2) is 9.97 Å². The van der Waals surface area contributed by atoms with Gasteiger partial charge in [0.25, 0.3) is 0 Å². The van der Waals surface area contributed by atoms with Gasteiger partial charge in [0, 0.05) is 21.2 Å². The Bertz CT molecular complexity index is 3790. The van der Waals surface area contributed by atoms with Crippen LogP contribution in [0.5, 0.6) is 0 Å². The van der Waals surface area contributed by atoms with E-state index in [0.29, 0.717) is 5.82 Å². The maximum atomic E-state index is 5.39. The molecule has 12 aromatic rings. The van der Waals surface area contributed by atoms with Crippen LogP contribution in [0.3, 0.4) is 0 Å². The Morgan fingerprint density at radius 2 is 0.838 bits per heavy atom. The minimum absolute atomic E-state index is 0.479. The summed E-state index contributed by atoms with van der Waals surface area (Å²) >= 11 is 1.76. The highest BCUT2D eigenvalue weighted by Crippen LogP contribution is 2.57. The van der Waals surface area contributed by atoms with E-state index in [0.717, 1.165) is 65.8 Å².